The highest BCUT2D eigenvalue weighted by Crippen LogP contribution is 2.35. The van der Waals surface area contributed by atoms with Crippen LogP contribution in [0.25, 0.3) is 6.08 Å². The van der Waals surface area contributed by atoms with Gasteiger partial charge in [0.2, 0.25) is 0 Å². The number of methoxy groups -OCH3 is 1. The highest BCUT2D eigenvalue weighted by Gasteiger charge is 2.33. The van der Waals surface area contributed by atoms with Crippen molar-refractivity contribution in [1.82, 2.24) is 0 Å². The Labute approximate surface area is 172 Å². The van der Waals surface area contributed by atoms with Gasteiger partial charge in [-0.3, -0.25) is 9.69 Å². The Balaban J connectivity index is 1.64. The Hall–Kier alpha value is -2.22. The van der Waals surface area contributed by atoms with Gasteiger partial charge in [-0.25, -0.2) is 4.99 Å². The normalized spacial score (nSPS) is 20.9. The molecule has 0 saturated carbocycles. The van der Waals surface area contributed by atoms with Crippen LogP contribution in [0.3, 0.4) is 0 Å². The Morgan fingerprint density at radius 1 is 1.43 bits per heavy atom. The Kier molecular flexibility index (Phi) is 5.75. The number of benzene rings is 1. The van der Waals surface area contributed by atoms with Gasteiger partial charge in [0.05, 0.1) is 30.2 Å². The van der Waals surface area contributed by atoms with Crippen molar-refractivity contribution < 1.29 is 18.7 Å². The van der Waals surface area contributed by atoms with Gasteiger partial charge in [0.1, 0.15) is 17.2 Å². The molecule has 1 aromatic heterocycles. The predicted molar refractivity (Wildman–Crippen MR) is 111 cm³/mol. The summed E-state index contributed by atoms with van der Waals surface area (Å²) in [5.74, 6) is 1.63. The quantitative estimate of drug-likeness (QED) is 0.664. The second-order valence-electron chi connectivity index (χ2n) is 6.34. The molecule has 0 spiro atoms. The molecule has 146 valence electrons. The van der Waals surface area contributed by atoms with E-state index in [2.05, 4.69) is 4.99 Å². The second kappa shape index (κ2) is 8.43. The molecule has 1 fully saturated rings. The number of halogens is 1. The van der Waals surface area contributed by atoms with E-state index < -0.39 is 0 Å². The van der Waals surface area contributed by atoms with Crippen LogP contribution in [0.4, 0.5) is 5.69 Å². The van der Waals surface area contributed by atoms with Gasteiger partial charge < -0.3 is 13.9 Å². The molecule has 8 heteroatoms. The molecule has 6 nitrogen and oxygen atoms in total. The summed E-state index contributed by atoms with van der Waals surface area (Å²) in [6.07, 6.45) is 5.47. The lowest BCUT2D eigenvalue weighted by atomic mass is 10.2. The number of anilines is 1. The van der Waals surface area contributed by atoms with Gasteiger partial charge in [0.25, 0.3) is 5.91 Å². The number of carbonyl (C=O) groups is 1. The molecule has 1 saturated heterocycles. The fraction of sp³-hybridized carbons (Fsp3) is 0.300. The van der Waals surface area contributed by atoms with E-state index >= 15 is 0 Å². The molecular weight excluding hydrogens is 400 g/mol. The van der Waals surface area contributed by atoms with E-state index in [-0.39, 0.29) is 12.0 Å². The molecule has 0 radical (unpaired) electrons. The van der Waals surface area contributed by atoms with Crippen molar-refractivity contribution in [1.29, 1.82) is 0 Å². The zero-order valence-electron chi connectivity index (χ0n) is 15.3. The number of furan rings is 1. The van der Waals surface area contributed by atoms with Crippen molar-refractivity contribution in [2.24, 2.45) is 4.99 Å². The van der Waals surface area contributed by atoms with Crippen LogP contribution in [0.5, 0.6) is 5.75 Å². The molecule has 0 N–H and O–H groups in total. The van der Waals surface area contributed by atoms with Crippen molar-refractivity contribution in [2.75, 3.05) is 24.4 Å². The van der Waals surface area contributed by atoms with Crippen LogP contribution in [0, 0.1) is 0 Å². The number of nitrogens with zero attached hydrogens (tertiary/aromatic N) is 2. The maximum absolute atomic E-state index is 13.1. The molecule has 0 unspecified atom stereocenters. The van der Waals surface area contributed by atoms with Gasteiger partial charge in [-0.05, 0) is 43.2 Å². The van der Waals surface area contributed by atoms with Gasteiger partial charge >= 0.3 is 0 Å². The van der Waals surface area contributed by atoms with E-state index in [1.807, 2.05) is 0 Å². The molecule has 2 aliphatic rings. The predicted octanol–water partition coefficient (Wildman–Crippen LogP) is 4.60. The maximum atomic E-state index is 13.1. The Morgan fingerprint density at radius 3 is 3.00 bits per heavy atom. The van der Waals surface area contributed by atoms with Crippen LogP contribution in [-0.4, -0.2) is 36.6 Å². The van der Waals surface area contributed by atoms with Gasteiger partial charge in [0, 0.05) is 18.4 Å². The topological polar surface area (TPSA) is 64.3 Å². The molecule has 4 rings (SSSR count). The number of hydrogen-bond donors (Lipinski definition) is 0. The van der Waals surface area contributed by atoms with Crippen LogP contribution in [0.2, 0.25) is 5.02 Å². The van der Waals surface area contributed by atoms with E-state index in [9.17, 15) is 4.79 Å². The minimum atomic E-state index is -0.229. The summed E-state index contributed by atoms with van der Waals surface area (Å²) in [5, 5.41) is 1.03. The molecule has 1 aromatic carbocycles. The van der Waals surface area contributed by atoms with E-state index in [4.69, 9.17) is 25.5 Å². The Bertz CT molecular complexity index is 920. The second-order valence-corrected chi connectivity index (χ2v) is 7.74. The monoisotopic (exact) mass is 418 g/mol. The largest absolute Gasteiger partial charge is 0.495 e. The third-order valence-corrected chi connectivity index (χ3v) is 5.83. The zero-order chi connectivity index (χ0) is 19.5. The standard InChI is InChI=1S/C20H19ClN2O4S/c1-25-18-7-6-13(10-16(18)21)23-19(24)17(11-14-4-2-8-26-14)22-20(23)28-12-15-5-3-9-27-15/h2,4,6-8,10-11,15H,3,5,9,12H2,1H3/b17-11+/t15-/m1/s1. The molecule has 0 bridgehead atoms. The van der Waals surface area contributed by atoms with E-state index in [0.717, 1.165) is 25.2 Å². The third-order valence-electron chi connectivity index (χ3n) is 4.47. The van der Waals surface area contributed by atoms with Crippen molar-refractivity contribution in [3.8, 4) is 5.75 Å². The summed E-state index contributed by atoms with van der Waals surface area (Å²) < 4.78 is 16.2. The molecule has 1 amide bonds. The fourth-order valence-corrected chi connectivity index (χ4v) is 4.40. The number of amidine groups is 1. The SMILES string of the molecule is COc1ccc(N2C(=O)/C(=C\c3ccco3)N=C2SC[C@H]2CCCO2)cc1Cl. The third kappa shape index (κ3) is 3.97. The van der Waals surface area contributed by atoms with Crippen molar-refractivity contribution >= 4 is 46.2 Å². The number of carbonyl (C=O) groups excluding carboxylic acids is 1. The van der Waals surface area contributed by atoms with E-state index in [1.165, 1.54) is 11.8 Å². The summed E-state index contributed by atoms with van der Waals surface area (Å²) in [5.41, 5.74) is 0.953. The Morgan fingerprint density at radius 2 is 2.32 bits per heavy atom. The molecule has 2 aliphatic heterocycles. The number of amides is 1. The number of hydrogen-bond acceptors (Lipinski definition) is 6. The molecular formula is C20H19ClN2O4S. The smallest absolute Gasteiger partial charge is 0.283 e. The maximum Gasteiger partial charge on any atom is 0.283 e. The average molecular weight is 419 g/mol. The van der Waals surface area contributed by atoms with Crippen LogP contribution >= 0.6 is 23.4 Å². The van der Waals surface area contributed by atoms with E-state index in [0.29, 0.717) is 33.1 Å². The first kappa shape index (κ1) is 19.1. The summed E-state index contributed by atoms with van der Waals surface area (Å²) in [6, 6.07) is 8.78. The highest BCUT2D eigenvalue weighted by molar-refractivity contribution is 8.14. The lowest BCUT2D eigenvalue weighted by molar-refractivity contribution is -0.113. The molecule has 3 heterocycles. The first-order valence-electron chi connectivity index (χ1n) is 8.92. The van der Waals surface area contributed by atoms with Gasteiger partial charge in [0.15, 0.2) is 5.17 Å². The average Bonchev–Trinajstić information content (AvgIpc) is 3.43. The van der Waals surface area contributed by atoms with Crippen LogP contribution < -0.4 is 9.64 Å². The number of thioether (sulfide) groups is 1. The van der Waals surface area contributed by atoms with Crippen LogP contribution in [0.1, 0.15) is 18.6 Å². The first-order chi connectivity index (χ1) is 13.7. The molecule has 1 atom stereocenters. The highest BCUT2D eigenvalue weighted by atomic mass is 35.5. The van der Waals surface area contributed by atoms with E-state index in [1.54, 1.807) is 54.7 Å². The molecule has 28 heavy (non-hydrogen) atoms. The minimum Gasteiger partial charge on any atom is -0.495 e. The van der Waals surface area contributed by atoms with Crippen LogP contribution in [-0.2, 0) is 9.53 Å². The summed E-state index contributed by atoms with van der Waals surface area (Å²) in [4.78, 5) is 19.2. The number of aliphatic imine (C=N–C) groups is 1. The van der Waals surface area contributed by atoms with Gasteiger partial charge in [-0.2, -0.15) is 0 Å². The lowest BCUT2D eigenvalue weighted by Gasteiger charge is -2.19. The summed E-state index contributed by atoms with van der Waals surface area (Å²) >= 11 is 7.78. The number of rotatable bonds is 5. The lowest BCUT2D eigenvalue weighted by Crippen LogP contribution is -2.31. The van der Waals surface area contributed by atoms with Gasteiger partial charge in [-0.1, -0.05) is 23.4 Å². The summed E-state index contributed by atoms with van der Waals surface area (Å²) in [7, 11) is 1.55. The minimum absolute atomic E-state index is 0.183. The van der Waals surface area contributed by atoms with Crippen LogP contribution in [0.15, 0.2) is 51.7 Å². The van der Waals surface area contributed by atoms with Crippen molar-refractivity contribution in [3.05, 3.63) is 53.1 Å². The number of ether oxygens (including phenoxy) is 2. The van der Waals surface area contributed by atoms with Crippen molar-refractivity contribution in [2.45, 2.75) is 18.9 Å². The molecule has 2 aromatic rings. The first-order valence-corrected chi connectivity index (χ1v) is 10.3. The summed E-state index contributed by atoms with van der Waals surface area (Å²) in [6.45, 7) is 0.790. The van der Waals surface area contributed by atoms with Crippen molar-refractivity contribution in [3.63, 3.8) is 0 Å². The van der Waals surface area contributed by atoms with Gasteiger partial charge in [-0.15, -0.1) is 0 Å². The zero-order valence-corrected chi connectivity index (χ0v) is 16.8. The molecule has 0 aliphatic carbocycles. The fourth-order valence-electron chi connectivity index (χ4n) is 3.07.